The fourth-order valence-electron chi connectivity index (χ4n) is 2.27. The van der Waals surface area contributed by atoms with Crippen LogP contribution in [0.1, 0.15) is 5.69 Å². The number of carbonyl (C=O) groups is 2. The Hall–Kier alpha value is -2.51. The molecule has 0 spiro atoms. The quantitative estimate of drug-likeness (QED) is 0.624. The highest BCUT2D eigenvalue weighted by Crippen LogP contribution is 2.26. The van der Waals surface area contributed by atoms with E-state index in [1.807, 2.05) is 47.8 Å². The second-order valence-electron chi connectivity index (χ2n) is 5.52. The van der Waals surface area contributed by atoms with Crippen molar-refractivity contribution in [2.75, 3.05) is 11.9 Å². The lowest BCUT2D eigenvalue weighted by Gasteiger charge is -2.06. The number of benzene rings is 2. The van der Waals surface area contributed by atoms with Gasteiger partial charge in [-0.1, -0.05) is 46.3 Å². The summed E-state index contributed by atoms with van der Waals surface area (Å²) < 4.78 is 0.980. The van der Waals surface area contributed by atoms with Gasteiger partial charge in [-0.05, 0) is 24.3 Å². The summed E-state index contributed by atoms with van der Waals surface area (Å²) in [5.41, 5.74) is 2.38. The van der Waals surface area contributed by atoms with E-state index in [1.165, 1.54) is 11.3 Å². The van der Waals surface area contributed by atoms with Gasteiger partial charge < -0.3 is 10.6 Å². The number of rotatable bonds is 6. The Kier molecular flexibility index (Phi) is 6.14. The van der Waals surface area contributed by atoms with Crippen molar-refractivity contribution < 1.29 is 9.59 Å². The molecule has 0 fully saturated rings. The molecule has 0 aliphatic heterocycles. The molecule has 3 rings (SSSR count). The Bertz CT molecular complexity index is 912. The van der Waals surface area contributed by atoms with E-state index in [0.717, 1.165) is 15.0 Å². The molecule has 5 nitrogen and oxygen atoms in total. The molecule has 2 N–H and O–H groups in total. The summed E-state index contributed by atoms with van der Waals surface area (Å²) in [6, 6.07) is 17.0. The largest absolute Gasteiger partial charge is 0.347 e. The summed E-state index contributed by atoms with van der Waals surface area (Å²) >= 11 is 4.93. The molecule has 26 heavy (non-hydrogen) atoms. The van der Waals surface area contributed by atoms with E-state index >= 15 is 0 Å². The van der Waals surface area contributed by atoms with Crippen LogP contribution in [0.2, 0.25) is 0 Å². The first-order valence-corrected chi connectivity index (χ1v) is 9.59. The number of amides is 2. The molecule has 0 saturated heterocycles. The first-order chi connectivity index (χ1) is 12.6. The van der Waals surface area contributed by atoms with Gasteiger partial charge in [0, 0.05) is 21.1 Å². The fourth-order valence-corrected chi connectivity index (χ4v) is 3.49. The number of hydrogen-bond acceptors (Lipinski definition) is 4. The number of aromatic nitrogens is 1. The summed E-state index contributed by atoms with van der Waals surface area (Å²) in [5.74, 6) is -0.503. The van der Waals surface area contributed by atoms with Gasteiger partial charge in [-0.3, -0.25) is 9.59 Å². The minimum Gasteiger partial charge on any atom is -0.347 e. The number of nitrogens with one attached hydrogen (secondary N) is 2. The average molecular weight is 430 g/mol. The minimum atomic E-state index is -0.266. The van der Waals surface area contributed by atoms with E-state index in [0.29, 0.717) is 11.4 Å². The van der Waals surface area contributed by atoms with Crippen molar-refractivity contribution in [2.45, 2.75) is 6.42 Å². The summed E-state index contributed by atoms with van der Waals surface area (Å²) in [6.45, 7) is -0.0731. The first kappa shape index (κ1) is 18.3. The van der Waals surface area contributed by atoms with E-state index < -0.39 is 0 Å². The van der Waals surface area contributed by atoms with Crippen molar-refractivity contribution in [3.8, 4) is 10.6 Å². The normalized spacial score (nSPS) is 10.3. The number of nitrogens with zero attached hydrogens (tertiary/aromatic N) is 1. The molecular formula is C19H16BrN3O2S. The highest BCUT2D eigenvalue weighted by Gasteiger charge is 2.11. The molecule has 0 bridgehead atoms. The van der Waals surface area contributed by atoms with Crippen LogP contribution in [-0.4, -0.2) is 23.3 Å². The van der Waals surface area contributed by atoms with Crippen molar-refractivity contribution in [1.29, 1.82) is 0 Å². The van der Waals surface area contributed by atoms with Crippen molar-refractivity contribution in [2.24, 2.45) is 0 Å². The van der Waals surface area contributed by atoms with Crippen LogP contribution in [0.15, 0.2) is 64.5 Å². The maximum Gasteiger partial charge on any atom is 0.243 e. The molecule has 3 aromatic rings. The van der Waals surface area contributed by atoms with Gasteiger partial charge in [-0.25, -0.2) is 4.98 Å². The number of halogens is 1. The van der Waals surface area contributed by atoms with Crippen LogP contribution in [0.4, 0.5) is 5.69 Å². The van der Waals surface area contributed by atoms with Gasteiger partial charge in [-0.15, -0.1) is 11.3 Å². The smallest absolute Gasteiger partial charge is 0.243 e. The Morgan fingerprint density at radius 2 is 1.85 bits per heavy atom. The molecule has 0 atom stereocenters. The van der Waals surface area contributed by atoms with Gasteiger partial charge in [0.15, 0.2) is 0 Å². The molecule has 1 heterocycles. The number of anilines is 1. The molecule has 0 aliphatic carbocycles. The fraction of sp³-hybridized carbons (Fsp3) is 0.105. The molecular weight excluding hydrogens is 414 g/mol. The van der Waals surface area contributed by atoms with Gasteiger partial charge in [-0.2, -0.15) is 0 Å². The van der Waals surface area contributed by atoms with Crippen molar-refractivity contribution >= 4 is 44.8 Å². The third-order valence-electron chi connectivity index (χ3n) is 3.47. The Morgan fingerprint density at radius 1 is 1.04 bits per heavy atom. The summed E-state index contributed by atoms with van der Waals surface area (Å²) in [5, 5.41) is 8.05. The van der Waals surface area contributed by atoms with Crippen molar-refractivity contribution in [3.63, 3.8) is 0 Å². The van der Waals surface area contributed by atoms with Crippen LogP contribution in [0.5, 0.6) is 0 Å². The molecule has 2 aromatic carbocycles. The summed E-state index contributed by atoms with van der Waals surface area (Å²) in [4.78, 5) is 28.4. The zero-order valence-electron chi connectivity index (χ0n) is 13.7. The monoisotopic (exact) mass is 429 g/mol. The predicted octanol–water partition coefficient (Wildman–Crippen LogP) is 3.87. The van der Waals surface area contributed by atoms with E-state index in [1.54, 1.807) is 12.1 Å². The van der Waals surface area contributed by atoms with Crippen LogP contribution < -0.4 is 10.6 Å². The van der Waals surface area contributed by atoms with Gasteiger partial charge in [0.05, 0.1) is 18.7 Å². The Balaban J connectivity index is 1.50. The number of carbonyl (C=O) groups excluding carboxylic acids is 2. The van der Waals surface area contributed by atoms with E-state index in [-0.39, 0.29) is 24.8 Å². The SMILES string of the molecule is O=C(Cc1csc(-c2cccc(Br)c2)n1)NCC(=O)Nc1ccccc1. The highest BCUT2D eigenvalue weighted by atomic mass is 79.9. The molecule has 0 aliphatic rings. The number of thiazole rings is 1. The van der Waals surface area contributed by atoms with Crippen LogP contribution in [0.25, 0.3) is 10.6 Å². The van der Waals surface area contributed by atoms with Gasteiger partial charge in [0.1, 0.15) is 5.01 Å². The van der Waals surface area contributed by atoms with Crippen LogP contribution in [0.3, 0.4) is 0 Å². The van der Waals surface area contributed by atoms with E-state index in [4.69, 9.17) is 0 Å². The lowest BCUT2D eigenvalue weighted by molar-refractivity contribution is -0.123. The third-order valence-corrected chi connectivity index (χ3v) is 4.90. The molecule has 7 heteroatoms. The molecule has 0 unspecified atom stereocenters. The van der Waals surface area contributed by atoms with Crippen molar-refractivity contribution in [3.05, 3.63) is 70.1 Å². The molecule has 2 amide bonds. The standard InChI is InChI=1S/C19H16BrN3O2S/c20-14-6-4-5-13(9-14)19-23-16(12-26-19)10-17(24)21-11-18(25)22-15-7-2-1-3-8-15/h1-9,12H,10-11H2,(H,21,24)(H,22,25). The Morgan fingerprint density at radius 3 is 2.62 bits per heavy atom. The number of para-hydroxylation sites is 1. The van der Waals surface area contributed by atoms with E-state index in [2.05, 4.69) is 31.5 Å². The zero-order valence-corrected chi connectivity index (χ0v) is 16.1. The van der Waals surface area contributed by atoms with Gasteiger partial charge in [0.25, 0.3) is 0 Å². The minimum absolute atomic E-state index is 0.0731. The summed E-state index contributed by atoms with van der Waals surface area (Å²) in [7, 11) is 0. The maximum atomic E-state index is 12.0. The molecule has 1 aromatic heterocycles. The summed E-state index contributed by atoms with van der Waals surface area (Å²) in [6.07, 6.45) is 0.142. The first-order valence-electron chi connectivity index (χ1n) is 7.92. The van der Waals surface area contributed by atoms with Crippen LogP contribution in [0, 0.1) is 0 Å². The predicted molar refractivity (Wildman–Crippen MR) is 107 cm³/mol. The average Bonchev–Trinajstić information content (AvgIpc) is 3.09. The third kappa shape index (κ3) is 5.24. The lowest BCUT2D eigenvalue weighted by atomic mass is 10.2. The second-order valence-corrected chi connectivity index (χ2v) is 7.30. The zero-order chi connectivity index (χ0) is 18.4. The molecule has 0 radical (unpaired) electrons. The van der Waals surface area contributed by atoms with Gasteiger partial charge >= 0.3 is 0 Å². The van der Waals surface area contributed by atoms with Crippen molar-refractivity contribution in [1.82, 2.24) is 10.3 Å². The van der Waals surface area contributed by atoms with Crippen LogP contribution >= 0.6 is 27.3 Å². The Labute approximate surface area is 163 Å². The topological polar surface area (TPSA) is 71.1 Å². The lowest BCUT2D eigenvalue weighted by Crippen LogP contribution is -2.33. The van der Waals surface area contributed by atoms with Crippen LogP contribution in [-0.2, 0) is 16.0 Å². The molecule has 0 saturated carbocycles. The maximum absolute atomic E-state index is 12.0. The van der Waals surface area contributed by atoms with Gasteiger partial charge in [0.2, 0.25) is 11.8 Å². The van der Waals surface area contributed by atoms with E-state index in [9.17, 15) is 9.59 Å². The highest BCUT2D eigenvalue weighted by molar-refractivity contribution is 9.10. The second kappa shape index (κ2) is 8.73. The molecule has 132 valence electrons. The number of hydrogen-bond donors (Lipinski definition) is 2.